The minimum absolute atomic E-state index is 0.0161. The van der Waals surface area contributed by atoms with Crippen LogP contribution in [0, 0.1) is 0 Å². The van der Waals surface area contributed by atoms with Crippen molar-refractivity contribution in [3.05, 3.63) is 78.1 Å². The van der Waals surface area contributed by atoms with Gasteiger partial charge >= 0.3 is 0 Å². The molecule has 0 saturated carbocycles. The highest BCUT2D eigenvalue weighted by atomic mass is 16.2. The summed E-state index contributed by atoms with van der Waals surface area (Å²) in [4.78, 5) is 32.9. The molecule has 1 amide bonds. The highest BCUT2D eigenvalue weighted by Crippen LogP contribution is 2.20. The SMILES string of the molecule is Nc1nccc2cc(CCC(=O)CNC(=O)c3ccc4ccccc4n3)ccc12. The molecule has 4 rings (SSSR count). The predicted octanol–water partition coefficient (Wildman–Crippen LogP) is 3.30. The van der Waals surface area contributed by atoms with E-state index in [0.29, 0.717) is 24.4 Å². The van der Waals surface area contributed by atoms with Crippen molar-refractivity contribution < 1.29 is 9.59 Å². The van der Waals surface area contributed by atoms with E-state index in [4.69, 9.17) is 5.73 Å². The molecule has 0 spiro atoms. The Kier molecular flexibility index (Phi) is 5.16. The van der Waals surface area contributed by atoms with Gasteiger partial charge in [0.25, 0.3) is 5.91 Å². The summed E-state index contributed by atoms with van der Waals surface area (Å²) in [6.07, 6.45) is 2.61. The molecule has 6 heteroatoms. The van der Waals surface area contributed by atoms with E-state index >= 15 is 0 Å². The van der Waals surface area contributed by atoms with Crippen LogP contribution in [0.4, 0.5) is 5.82 Å². The Morgan fingerprint density at radius 3 is 2.72 bits per heavy atom. The average Bonchev–Trinajstić information content (AvgIpc) is 2.75. The van der Waals surface area contributed by atoms with Gasteiger partial charge in [0, 0.05) is 23.4 Å². The molecule has 0 aliphatic carbocycles. The van der Waals surface area contributed by atoms with Crippen molar-refractivity contribution in [1.82, 2.24) is 15.3 Å². The van der Waals surface area contributed by atoms with Crippen molar-refractivity contribution in [3.8, 4) is 0 Å². The number of pyridine rings is 2. The molecule has 0 unspecified atom stereocenters. The molecule has 2 heterocycles. The highest BCUT2D eigenvalue weighted by Gasteiger charge is 2.11. The van der Waals surface area contributed by atoms with Gasteiger partial charge in [0.15, 0.2) is 5.78 Å². The number of nitrogen functional groups attached to an aromatic ring is 1. The third-order valence-electron chi connectivity index (χ3n) is 4.83. The number of anilines is 1. The summed E-state index contributed by atoms with van der Waals surface area (Å²) < 4.78 is 0. The van der Waals surface area contributed by atoms with Crippen LogP contribution in [0.15, 0.2) is 66.9 Å². The number of Topliss-reactive ketones (excluding diaryl/α,β-unsaturated/α-hetero) is 1. The normalized spacial score (nSPS) is 10.9. The lowest BCUT2D eigenvalue weighted by molar-refractivity contribution is -0.118. The van der Waals surface area contributed by atoms with Gasteiger partial charge in [-0.25, -0.2) is 9.97 Å². The van der Waals surface area contributed by atoms with Crippen molar-refractivity contribution in [1.29, 1.82) is 0 Å². The maximum absolute atomic E-state index is 12.3. The van der Waals surface area contributed by atoms with Gasteiger partial charge in [-0.15, -0.1) is 0 Å². The van der Waals surface area contributed by atoms with Crippen molar-refractivity contribution in [2.24, 2.45) is 0 Å². The molecule has 6 nitrogen and oxygen atoms in total. The number of nitrogens with zero attached hydrogens (tertiary/aromatic N) is 2. The smallest absolute Gasteiger partial charge is 0.270 e. The van der Waals surface area contributed by atoms with E-state index in [-0.39, 0.29) is 18.2 Å². The first kappa shape index (κ1) is 18.6. The number of nitrogens with two attached hydrogens (primary N) is 1. The largest absolute Gasteiger partial charge is 0.383 e. The molecule has 0 fully saturated rings. The average molecular weight is 384 g/mol. The second-order valence-corrected chi connectivity index (χ2v) is 6.86. The van der Waals surface area contributed by atoms with Crippen LogP contribution in [0.25, 0.3) is 21.7 Å². The van der Waals surface area contributed by atoms with E-state index in [0.717, 1.165) is 27.2 Å². The Labute approximate surface area is 167 Å². The monoisotopic (exact) mass is 384 g/mol. The zero-order valence-corrected chi connectivity index (χ0v) is 15.8. The maximum Gasteiger partial charge on any atom is 0.270 e. The third-order valence-corrected chi connectivity index (χ3v) is 4.83. The number of aryl methyl sites for hydroxylation is 1. The Bertz CT molecular complexity index is 1220. The van der Waals surface area contributed by atoms with E-state index in [1.165, 1.54) is 0 Å². The molecule has 0 bridgehead atoms. The molecule has 0 aliphatic rings. The molecule has 0 radical (unpaired) electrons. The molecule has 29 heavy (non-hydrogen) atoms. The molecule has 0 atom stereocenters. The van der Waals surface area contributed by atoms with Gasteiger partial charge in [0.2, 0.25) is 0 Å². The van der Waals surface area contributed by atoms with E-state index in [2.05, 4.69) is 15.3 Å². The molecule has 2 aromatic heterocycles. The molecular weight excluding hydrogens is 364 g/mol. The van der Waals surface area contributed by atoms with E-state index in [1.54, 1.807) is 12.3 Å². The van der Waals surface area contributed by atoms with Crippen molar-refractivity contribution in [2.75, 3.05) is 12.3 Å². The second-order valence-electron chi connectivity index (χ2n) is 6.86. The quantitative estimate of drug-likeness (QED) is 0.531. The van der Waals surface area contributed by atoms with Crippen LogP contribution in [0.1, 0.15) is 22.5 Å². The number of carbonyl (C=O) groups is 2. The van der Waals surface area contributed by atoms with Crippen molar-refractivity contribution >= 4 is 39.2 Å². The maximum atomic E-state index is 12.3. The highest BCUT2D eigenvalue weighted by molar-refractivity contribution is 5.97. The summed E-state index contributed by atoms with van der Waals surface area (Å²) >= 11 is 0. The minimum atomic E-state index is -0.349. The Morgan fingerprint density at radius 1 is 0.966 bits per heavy atom. The van der Waals surface area contributed by atoms with Crippen LogP contribution in [-0.4, -0.2) is 28.2 Å². The summed E-state index contributed by atoms with van der Waals surface area (Å²) in [5.41, 5.74) is 7.96. The third kappa shape index (κ3) is 4.21. The van der Waals surface area contributed by atoms with Crippen LogP contribution in [0.2, 0.25) is 0 Å². The van der Waals surface area contributed by atoms with Crippen molar-refractivity contribution in [3.63, 3.8) is 0 Å². The standard InChI is InChI=1S/C23H20N4O2/c24-22-19-9-6-15(13-17(19)11-12-25-22)5-8-18(28)14-26-23(29)21-10-7-16-3-1-2-4-20(16)27-21/h1-4,6-7,9-13H,5,8,14H2,(H2,24,25)(H,26,29). The van der Waals surface area contributed by atoms with Gasteiger partial charge < -0.3 is 11.1 Å². The first-order valence-electron chi connectivity index (χ1n) is 9.39. The van der Waals surface area contributed by atoms with Gasteiger partial charge in [-0.05, 0) is 35.6 Å². The zero-order chi connectivity index (χ0) is 20.2. The van der Waals surface area contributed by atoms with Gasteiger partial charge in [-0.1, -0.05) is 42.5 Å². The lowest BCUT2D eigenvalue weighted by atomic mass is 10.0. The fraction of sp³-hybridized carbons (Fsp3) is 0.130. The number of amides is 1. The molecule has 144 valence electrons. The van der Waals surface area contributed by atoms with Crippen LogP contribution >= 0.6 is 0 Å². The number of hydrogen-bond acceptors (Lipinski definition) is 5. The Morgan fingerprint density at radius 2 is 1.83 bits per heavy atom. The summed E-state index contributed by atoms with van der Waals surface area (Å²) in [6.45, 7) is -0.0161. The number of hydrogen-bond donors (Lipinski definition) is 2. The number of benzene rings is 2. The lowest BCUT2D eigenvalue weighted by Crippen LogP contribution is -2.30. The number of carbonyl (C=O) groups excluding carboxylic acids is 2. The van der Waals surface area contributed by atoms with Gasteiger partial charge in [-0.2, -0.15) is 0 Å². The number of para-hydroxylation sites is 1. The number of aromatic nitrogens is 2. The molecule has 4 aromatic rings. The second kappa shape index (κ2) is 8.06. The van der Waals surface area contributed by atoms with Crippen LogP contribution in [0.3, 0.4) is 0 Å². The number of rotatable bonds is 6. The first-order chi connectivity index (χ1) is 14.1. The van der Waals surface area contributed by atoms with Crippen LogP contribution in [-0.2, 0) is 11.2 Å². The summed E-state index contributed by atoms with van der Waals surface area (Å²) in [6, 6.07) is 18.9. The fourth-order valence-electron chi connectivity index (χ4n) is 3.24. The van der Waals surface area contributed by atoms with E-state index in [9.17, 15) is 9.59 Å². The molecule has 0 saturated heterocycles. The fourth-order valence-corrected chi connectivity index (χ4v) is 3.24. The molecular formula is C23H20N4O2. The van der Waals surface area contributed by atoms with Crippen LogP contribution in [0.5, 0.6) is 0 Å². The number of ketones is 1. The summed E-state index contributed by atoms with van der Waals surface area (Å²) in [5.74, 6) is 0.112. The summed E-state index contributed by atoms with van der Waals surface area (Å²) in [5, 5.41) is 5.53. The van der Waals surface area contributed by atoms with E-state index in [1.807, 2.05) is 54.6 Å². The summed E-state index contributed by atoms with van der Waals surface area (Å²) in [7, 11) is 0. The first-order valence-corrected chi connectivity index (χ1v) is 9.39. The number of nitrogens with one attached hydrogen (secondary N) is 1. The molecule has 2 aromatic carbocycles. The molecule has 0 aliphatic heterocycles. The minimum Gasteiger partial charge on any atom is -0.383 e. The van der Waals surface area contributed by atoms with Crippen LogP contribution < -0.4 is 11.1 Å². The zero-order valence-electron chi connectivity index (χ0n) is 15.8. The van der Waals surface area contributed by atoms with Crippen molar-refractivity contribution in [2.45, 2.75) is 12.8 Å². The number of fused-ring (bicyclic) bond motifs is 2. The van der Waals surface area contributed by atoms with Gasteiger partial charge in [-0.3, -0.25) is 9.59 Å². The molecule has 3 N–H and O–H groups in total. The van der Waals surface area contributed by atoms with Gasteiger partial charge in [0.1, 0.15) is 11.5 Å². The topological polar surface area (TPSA) is 98.0 Å². The van der Waals surface area contributed by atoms with Gasteiger partial charge in [0.05, 0.1) is 12.1 Å². The Hall–Kier alpha value is -3.80. The Balaban J connectivity index is 1.33. The lowest BCUT2D eigenvalue weighted by Gasteiger charge is -2.07. The predicted molar refractivity (Wildman–Crippen MR) is 114 cm³/mol. The van der Waals surface area contributed by atoms with E-state index < -0.39 is 0 Å².